The lowest BCUT2D eigenvalue weighted by molar-refractivity contribution is -0.119. The number of fused-ring (bicyclic) bond motifs is 1. The van der Waals surface area contributed by atoms with Gasteiger partial charge in [-0.1, -0.05) is 35.5 Å². The average Bonchev–Trinajstić information content (AvgIpc) is 3.31. The van der Waals surface area contributed by atoms with Crippen LogP contribution in [0.15, 0.2) is 71.7 Å². The quantitative estimate of drug-likeness (QED) is 0.337. The first kappa shape index (κ1) is 22.8. The predicted molar refractivity (Wildman–Crippen MR) is 128 cm³/mol. The van der Waals surface area contributed by atoms with Crippen molar-refractivity contribution in [1.82, 2.24) is 20.3 Å². The Morgan fingerprint density at radius 3 is 2.38 bits per heavy atom. The van der Waals surface area contributed by atoms with E-state index in [4.69, 9.17) is 14.2 Å². The van der Waals surface area contributed by atoms with E-state index in [2.05, 4.69) is 20.6 Å². The lowest BCUT2D eigenvalue weighted by Crippen LogP contribution is -2.37. The van der Waals surface area contributed by atoms with Crippen LogP contribution in [0.3, 0.4) is 0 Å². The second-order valence-electron chi connectivity index (χ2n) is 7.39. The van der Waals surface area contributed by atoms with Crippen LogP contribution < -0.4 is 19.5 Å². The number of hydrogen-bond acceptors (Lipinski definition) is 7. The van der Waals surface area contributed by atoms with Crippen molar-refractivity contribution in [3.63, 3.8) is 0 Å². The fourth-order valence-corrected chi connectivity index (χ4v) is 3.43. The first-order chi connectivity index (χ1) is 16.6. The van der Waals surface area contributed by atoms with Crippen molar-refractivity contribution >= 4 is 22.9 Å². The lowest BCUT2D eigenvalue weighted by Gasteiger charge is -2.12. The Bertz CT molecular complexity index is 1310. The molecule has 0 aliphatic rings. The molecule has 0 aliphatic carbocycles. The standard InChI is InChI=1S/C25H25N5O4/c1-32-19-11-8-17(9-12-19)16-26-25(30-21-7-5-4-6-20(21)28-29-30)27-24(31)15-18-10-13-22(33-2)23(14-18)34-3/h4-14H,15-16H2,1-3H3,(H,26,27,31). The van der Waals surface area contributed by atoms with E-state index in [0.717, 1.165) is 22.4 Å². The second kappa shape index (κ2) is 10.5. The van der Waals surface area contributed by atoms with Gasteiger partial charge >= 0.3 is 0 Å². The van der Waals surface area contributed by atoms with Crippen molar-refractivity contribution in [3.05, 3.63) is 77.9 Å². The van der Waals surface area contributed by atoms with E-state index < -0.39 is 0 Å². The van der Waals surface area contributed by atoms with Gasteiger partial charge in [-0.15, -0.1) is 5.10 Å². The summed E-state index contributed by atoms with van der Waals surface area (Å²) in [5, 5.41) is 11.3. The van der Waals surface area contributed by atoms with Gasteiger partial charge in [0.25, 0.3) is 0 Å². The van der Waals surface area contributed by atoms with E-state index in [1.807, 2.05) is 54.6 Å². The Balaban J connectivity index is 1.59. The van der Waals surface area contributed by atoms with E-state index in [-0.39, 0.29) is 18.3 Å². The molecule has 9 nitrogen and oxygen atoms in total. The van der Waals surface area contributed by atoms with Gasteiger partial charge in [0, 0.05) is 0 Å². The van der Waals surface area contributed by atoms with Crippen molar-refractivity contribution in [1.29, 1.82) is 0 Å². The van der Waals surface area contributed by atoms with Gasteiger partial charge < -0.3 is 14.2 Å². The van der Waals surface area contributed by atoms with Gasteiger partial charge in [-0.2, -0.15) is 4.68 Å². The molecule has 1 aromatic heterocycles. The number of rotatable bonds is 7. The summed E-state index contributed by atoms with van der Waals surface area (Å²) in [6.07, 6.45) is 0.120. The van der Waals surface area contributed by atoms with Crippen LogP contribution in [0.25, 0.3) is 11.0 Å². The zero-order chi connectivity index (χ0) is 23.9. The molecule has 0 fully saturated rings. The minimum atomic E-state index is -0.250. The number of ether oxygens (including phenoxy) is 3. The third-order valence-corrected chi connectivity index (χ3v) is 5.19. The smallest absolute Gasteiger partial charge is 0.231 e. The average molecular weight is 460 g/mol. The van der Waals surface area contributed by atoms with Crippen molar-refractivity contribution in [2.75, 3.05) is 21.3 Å². The van der Waals surface area contributed by atoms with Gasteiger partial charge in [0.05, 0.1) is 39.8 Å². The Morgan fingerprint density at radius 2 is 1.65 bits per heavy atom. The second-order valence-corrected chi connectivity index (χ2v) is 7.39. The van der Waals surface area contributed by atoms with Crippen LogP contribution >= 0.6 is 0 Å². The molecular formula is C25H25N5O4. The number of aliphatic imine (C=N–C) groups is 1. The highest BCUT2D eigenvalue weighted by Crippen LogP contribution is 2.27. The largest absolute Gasteiger partial charge is 0.497 e. The fraction of sp³-hybridized carbons (Fsp3) is 0.200. The number of carbonyl (C=O) groups is 1. The Morgan fingerprint density at radius 1 is 0.912 bits per heavy atom. The highest BCUT2D eigenvalue weighted by atomic mass is 16.5. The molecule has 4 rings (SSSR count). The molecule has 0 saturated heterocycles. The van der Waals surface area contributed by atoms with Gasteiger partial charge in [0.15, 0.2) is 11.5 Å². The SMILES string of the molecule is COc1ccc(CN=C(NC(=O)Cc2ccc(OC)c(OC)c2)n2nnc3ccccc32)cc1. The van der Waals surface area contributed by atoms with Gasteiger partial charge in [0.1, 0.15) is 11.3 Å². The van der Waals surface area contributed by atoms with Gasteiger partial charge in [-0.3, -0.25) is 10.1 Å². The summed E-state index contributed by atoms with van der Waals surface area (Å²) in [5.41, 5.74) is 3.17. The van der Waals surface area contributed by atoms with E-state index in [1.54, 1.807) is 33.5 Å². The molecule has 1 amide bonds. The van der Waals surface area contributed by atoms with Crippen LogP contribution in [0.1, 0.15) is 11.1 Å². The molecule has 1 heterocycles. The topological polar surface area (TPSA) is 99.9 Å². The molecular weight excluding hydrogens is 434 g/mol. The number of hydrogen-bond donors (Lipinski definition) is 1. The zero-order valence-electron chi connectivity index (χ0n) is 19.2. The van der Waals surface area contributed by atoms with Crippen LogP contribution in [0.5, 0.6) is 17.2 Å². The summed E-state index contributed by atoms with van der Waals surface area (Å²) in [6, 6.07) is 20.4. The van der Waals surface area contributed by atoms with Crippen LogP contribution in [0.2, 0.25) is 0 Å². The molecule has 1 N–H and O–H groups in total. The number of aromatic nitrogens is 3. The Kier molecular flexibility index (Phi) is 7.02. The number of nitrogens with zero attached hydrogens (tertiary/aromatic N) is 4. The molecule has 34 heavy (non-hydrogen) atoms. The molecule has 0 aliphatic heterocycles. The molecule has 174 valence electrons. The summed E-state index contributed by atoms with van der Waals surface area (Å²) in [7, 11) is 4.74. The number of nitrogens with one attached hydrogen (secondary N) is 1. The van der Waals surface area contributed by atoms with Crippen LogP contribution in [0, 0.1) is 0 Å². The maximum absolute atomic E-state index is 13.0. The summed E-state index contributed by atoms with van der Waals surface area (Å²) in [5.74, 6) is 1.96. The number of benzene rings is 3. The van der Waals surface area contributed by atoms with Gasteiger partial charge in [-0.25, -0.2) is 4.99 Å². The lowest BCUT2D eigenvalue weighted by atomic mass is 10.1. The molecule has 4 aromatic rings. The molecule has 0 saturated carbocycles. The first-order valence-electron chi connectivity index (χ1n) is 10.6. The third-order valence-electron chi connectivity index (χ3n) is 5.19. The zero-order valence-corrected chi connectivity index (χ0v) is 19.2. The van der Waals surface area contributed by atoms with E-state index >= 15 is 0 Å². The minimum absolute atomic E-state index is 0.120. The normalized spacial score (nSPS) is 11.3. The number of carbonyl (C=O) groups excluding carboxylic acids is 1. The van der Waals surface area contributed by atoms with Crippen molar-refractivity contribution in [2.24, 2.45) is 4.99 Å². The minimum Gasteiger partial charge on any atom is -0.497 e. The fourth-order valence-electron chi connectivity index (χ4n) is 3.43. The van der Waals surface area contributed by atoms with Gasteiger partial charge in [-0.05, 0) is 47.5 Å². The molecule has 0 unspecified atom stereocenters. The molecule has 3 aromatic carbocycles. The maximum Gasteiger partial charge on any atom is 0.231 e. The van der Waals surface area contributed by atoms with Crippen molar-refractivity contribution < 1.29 is 19.0 Å². The summed E-state index contributed by atoms with van der Waals surface area (Å²) < 4.78 is 17.4. The summed E-state index contributed by atoms with van der Waals surface area (Å²) >= 11 is 0. The number of amides is 1. The summed E-state index contributed by atoms with van der Waals surface area (Å²) in [6.45, 7) is 0.337. The van der Waals surface area contributed by atoms with E-state index in [0.29, 0.717) is 23.6 Å². The first-order valence-corrected chi connectivity index (χ1v) is 10.6. The maximum atomic E-state index is 13.0. The Labute approximate surface area is 197 Å². The van der Waals surface area contributed by atoms with Crippen LogP contribution in [0.4, 0.5) is 0 Å². The van der Waals surface area contributed by atoms with Gasteiger partial charge in [0.2, 0.25) is 11.9 Å². The highest BCUT2D eigenvalue weighted by molar-refractivity contribution is 6.01. The highest BCUT2D eigenvalue weighted by Gasteiger charge is 2.15. The third kappa shape index (κ3) is 5.15. The van der Waals surface area contributed by atoms with Crippen molar-refractivity contribution in [2.45, 2.75) is 13.0 Å². The van der Waals surface area contributed by atoms with E-state index in [1.165, 1.54) is 4.68 Å². The monoisotopic (exact) mass is 459 g/mol. The Hall–Kier alpha value is -4.40. The summed E-state index contributed by atoms with van der Waals surface area (Å²) in [4.78, 5) is 17.6. The molecule has 0 atom stereocenters. The number of para-hydroxylation sites is 1. The van der Waals surface area contributed by atoms with Crippen LogP contribution in [-0.2, 0) is 17.8 Å². The molecule has 9 heteroatoms. The van der Waals surface area contributed by atoms with Crippen LogP contribution in [-0.4, -0.2) is 48.2 Å². The molecule has 0 bridgehead atoms. The van der Waals surface area contributed by atoms with Crippen molar-refractivity contribution in [3.8, 4) is 17.2 Å². The number of methoxy groups -OCH3 is 3. The van der Waals surface area contributed by atoms with E-state index in [9.17, 15) is 4.79 Å². The predicted octanol–water partition coefficient (Wildman–Crippen LogP) is 3.22. The molecule has 0 radical (unpaired) electrons. The molecule has 0 spiro atoms.